The number of halogens is 2. The lowest BCUT2D eigenvalue weighted by Crippen LogP contribution is -1.88. The maximum atomic E-state index is 10.3. The second kappa shape index (κ2) is 3.69. The summed E-state index contributed by atoms with van der Waals surface area (Å²) in [7, 11) is 0. The van der Waals surface area contributed by atoms with Crippen molar-refractivity contribution in [3.8, 4) is 0 Å². The van der Waals surface area contributed by atoms with Gasteiger partial charge in [0.25, 0.3) is 0 Å². The molecular weight excluding hydrogens is 185 g/mol. The van der Waals surface area contributed by atoms with E-state index in [1.807, 2.05) is 0 Å². The normalized spacial score (nSPS) is 9.64. The Morgan fingerprint density at radius 3 is 2.91 bits per heavy atom. The molecule has 1 heterocycles. The van der Waals surface area contributed by atoms with Crippen LogP contribution in [0, 0.1) is 0 Å². The highest BCUT2D eigenvalue weighted by Crippen LogP contribution is 2.12. The highest BCUT2D eigenvalue weighted by atomic mass is 35.5. The Morgan fingerprint density at radius 1 is 1.64 bits per heavy atom. The molecule has 0 amide bonds. The number of carbonyl (C=O) groups is 1. The van der Waals surface area contributed by atoms with Gasteiger partial charge in [0.2, 0.25) is 0 Å². The van der Waals surface area contributed by atoms with E-state index in [9.17, 15) is 4.79 Å². The van der Waals surface area contributed by atoms with E-state index in [0.717, 1.165) is 5.56 Å². The average molecular weight is 190 g/mol. The van der Waals surface area contributed by atoms with E-state index >= 15 is 0 Å². The number of hydrogen-bond donors (Lipinski definition) is 0. The topological polar surface area (TPSA) is 30.0 Å². The van der Waals surface area contributed by atoms with Crippen LogP contribution in [0.1, 0.15) is 15.9 Å². The third-order valence-electron chi connectivity index (χ3n) is 1.20. The number of pyridine rings is 1. The molecule has 0 aliphatic heterocycles. The molecule has 0 saturated heterocycles. The molecule has 2 nitrogen and oxygen atoms in total. The van der Waals surface area contributed by atoms with Crippen LogP contribution in [0.2, 0.25) is 5.15 Å². The van der Waals surface area contributed by atoms with Crippen molar-refractivity contribution in [1.82, 2.24) is 4.98 Å². The second-order valence-electron chi connectivity index (χ2n) is 1.98. The number of hydrogen-bond acceptors (Lipinski definition) is 2. The van der Waals surface area contributed by atoms with Crippen molar-refractivity contribution in [3.63, 3.8) is 0 Å². The lowest BCUT2D eigenvalue weighted by molar-refractivity contribution is 0.112. The van der Waals surface area contributed by atoms with Gasteiger partial charge in [0, 0.05) is 12.1 Å². The van der Waals surface area contributed by atoms with E-state index in [1.54, 1.807) is 12.3 Å². The number of aldehydes is 1. The van der Waals surface area contributed by atoms with Gasteiger partial charge < -0.3 is 0 Å². The third kappa shape index (κ3) is 1.91. The molecule has 1 aromatic rings. The molecule has 0 aromatic carbocycles. The number of carbonyl (C=O) groups excluding carboxylic acids is 1. The summed E-state index contributed by atoms with van der Waals surface area (Å²) in [5.41, 5.74) is 1.17. The van der Waals surface area contributed by atoms with Crippen molar-refractivity contribution in [2.45, 2.75) is 5.88 Å². The smallest absolute Gasteiger partial charge is 0.153 e. The minimum atomic E-state index is 0.217. The molecule has 1 aromatic heterocycles. The van der Waals surface area contributed by atoms with Crippen LogP contribution in [0.4, 0.5) is 0 Å². The minimum Gasteiger partial charge on any atom is -0.298 e. The zero-order valence-electron chi connectivity index (χ0n) is 5.55. The van der Waals surface area contributed by atoms with Gasteiger partial charge in [0.05, 0.1) is 5.56 Å². The van der Waals surface area contributed by atoms with Gasteiger partial charge in [-0.25, -0.2) is 4.98 Å². The molecule has 1 rings (SSSR count). The molecule has 0 aliphatic rings. The van der Waals surface area contributed by atoms with Gasteiger partial charge in [0.15, 0.2) is 6.29 Å². The fraction of sp³-hybridized carbons (Fsp3) is 0.143. The highest BCUT2D eigenvalue weighted by molar-refractivity contribution is 6.31. The number of nitrogens with zero attached hydrogens (tertiary/aromatic N) is 1. The first-order valence-corrected chi connectivity index (χ1v) is 3.84. The lowest BCUT2D eigenvalue weighted by Gasteiger charge is -1.96. The Balaban J connectivity index is 3.12. The molecule has 0 N–H and O–H groups in total. The molecule has 0 radical (unpaired) electrons. The monoisotopic (exact) mass is 189 g/mol. The summed E-state index contributed by atoms with van der Waals surface area (Å²) in [6.07, 6.45) is 2.20. The molecule has 58 valence electrons. The van der Waals surface area contributed by atoms with Gasteiger partial charge in [-0.3, -0.25) is 4.79 Å². The first-order chi connectivity index (χ1) is 5.27. The zero-order valence-corrected chi connectivity index (χ0v) is 7.06. The maximum absolute atomic E-state index is 10.3. The number of aromatic nitrogens is 1. The zero-order chi connectivity index (χ0) is 8.27. The van der Waals surface area contributed by atoms with Crippen molar-refractivity contribution in [2.24, 2.45) is 0 Å². The van der Waals surface area contributed by atoms with Gasteiger partial charge in [-0.15, -0.1) is 11.6 Å². The molecule has 0 unspecified atom stereocenters. The number of rotatable bonds is 2. The van der Waals surface area contributed by atoms with Crippen molar-refractivity contribution < 1.29 is 4.79 Å². The predicted octanol–water partition coefficient (Wildman–Crippen LogP) is 2.29. The second-order valence-corrected chi connectivity index (χ2v) is 2.60. The molecule has 11 heavy (non-hydrogen) atoms. The standard InChI is InChI=1S/C7H5Cl2NO/c8-2-5-1-6(4-11)7(9)10-3-5/h1,3-4H,2H2. The van der Waals surface area contributed by atoms with E-state index in [-0.39, 0.29) is 5.15 Å². The largest absolute Gasteiger partial charge is 0.298 e. The average Bonchev–Trinajstić information content (AvgIpc) is 2.05. The van der Waals surface area contributed by atoms with Crippen LogP contribution in [0.15, 0.2) is 12.3 Å². The van der Waals surface area contributed by atoms with Crippen LogP contribution in [0.3, 0.4) is 0 Å². The first-order valence-electron chi connectivity index (χ1n) is 2.93. The number of alkyl halides is 1. The summed E-state index contributed by atoms with van der Waals surface area (Å²) < 4.78 is 0. The predicted molar refractivity (Wildman–Crippen MR) is 44.2 cm³/mol. The minimum absolute atomic E-state index is 0.217. The molecule has 0 spiro atoms. The van der Waals surface area contributed by atoms with E-state index in [2.05, 4.69) is 4.98 Å². The van der Waals surface area contributed by atoms with Crippen molar-refractivity contribution in [2.75, 3.05) is 0 Å². The Kier molecular flexibility index (Phi) is 2.85. The summed E-state index contributed by atoms with van der Waals surface area (Å²) in [6.45, 7) is 0. The fourth-order valence-corrected chi connectivity index (χ4v) is 0.960. The van der Waals surface area contributed by atoms with Crippen molar-refractivity contribution >= 4 is 29.5 Å². The third-order valence-corrected chi connectivity index (χ3v) is 1.83. The quantitative estimate of drug-likeness (QED) is 0.406. The van der Waals surface area contributed by atoms with E-state index in [4.69, 9.17) is 23.2 Å². The van der Waals surface area contributed by atoms with Gasteiger partial charge in [-0.1, -0.05) is 11.6 Å². The van der Waals surface area contributed by atoms with Crippen LogP contribution in [0.5, 0.6) is 0 Å². The summed E-state index contributed by atoms with van der Waals surface area (Å²) in [5, 5.41) is 0.217. The summed E-state index contributed by atoms with van der Waals surface area (Å²) >= 11 is 11.1. The Hall–Kier alpha value is -0.600. The molecule has 0 bridgehead atoms. The van der Waals surface area contributed by atoms with Crippen LogP contribution < -0.4 is 0 Å². The van der Waals surface area contributed by atoms with E-state index < -0.39 is 0 Å². The van der Waals surface area contributed by atoms with Gasteiger partial charge in [-0.05, 0) is 11.6 Å². The molecule has 0 atom stereocenters. The first kappa shape index (κ1) is 8.50. The van der Waals surface area contributed by atoms with Crippen LogP contribution >= 0.6 is 23.2 Å². The summed E-state index contributed by atoms with van der Waals surface area (Å²) in [6, 6.07) is 1.62. The van der Waals surface area contributed by atoms with Crippen molar-refractivity contribution in [3.05, 3.63) is 28.5 Å². The van der Waals surface area contributed by atoms with Crippen LogP contribution in [-0.2, 0) is 5.88 Å². The summed E-state index contributed by atoms with van der Waals surface area (Å²) in [4.78, 5) is 14.1. The Bertz CT molecular complexity index is 275. The molecule has 4 heteroatoms. The van der Waals surface area contributed by atoms with E-state index in [1.165, 1.54) is 0 Å². The van der Waals surface area contributed by atoms with Crippen molar-refractivity contribution in [1.29, 1.82) is 0 Å². The fourth-order valence-electron chi connectivity index (χ4n) is 0.666. The molecule has 0 aliphatic carbocycles. The molecule has 0 saturated carbocycles. The highest BCUT2D eigenvalue weighted by Gasteiger charge is 2.00. The lowest BCUT2D eigenvalue weighted by atomic mass is 10.2. The van der Waals surface area contributed by atoms with Gasteiger partial charge in [0.1, 0.15) is 5.15 Å². The summed E-state index contributed by atoms with van der Waals surface area (Å²) in [5.74, 6) is 0.338. The van der Waals surface area contributed by atoms with Crippen LogP contribution in [-0.4, -0.2) is 11.3 Å². The Morgan fingerprint density at radius 2 is 2.36 bits per heavy atom. The Labute approximate surface area is 74.1 Å². The maximum Gasteiger partial charge on any atom is 0.153 e. The van der Waals surface area contributed by atoms with Gasteiger partial charge >= 0.3 is 0 Å². The van der Waals surface area contributed by atoms with E-state index in [0.29, 0.717) is 17.7 Å². The van der Waals surface area contributed by atoms with Gasteiger partial charge in [-0.2, -0.15) is 0 Å². The molecule has 0 fully saturated rings. The molecular formula is C7H5Cl2NO. The SMILES string of the molecule is O=Cc1cc(CCl)cnc1Cl. The van der Waals surface area contributed by atoms with Crippen LogP contribution in [0.25, 0.3) is 0 Å².